The number of nitro benzene ring substituents is 1. The average Bonchev–Trinajstić information content (AvgIpc) is 2.18. The first-order valence-corrected chi connectivity index (χ1v) is 4.65. The average molecular weight is 253 g/mol. The highest BCUT2D eigenvalue weighted by atomic mass is 79.9. The van der Waals surface area contributed by atoms with Crippen molar-refractivity contribution >= 4 is 32.4 Å². The van der Waals surface area contributed by atoms with E-state index >= 15 is 0 Å². The Morgan fingerprint density at radius 2 is 2.14 bits per heavy atom. The lowest BCUT2D eigenvalue weighted by Gasteiger charge is -1.98. The van der Waals surface area contributed by atoms with E-state index in [1.165, 1.54) is 12.1 Å². The van der Waals surface area contributed by atoms with Crippen molar-refractivity contribution in [1.29, 1.82) is 0 Å². The Balaban J connectivity index is 2.76. The molecule has 0 spiro atoms. The second kappa shape index (κ2) is 3.34. The van der Waals surface area contributed by atoms with Crippen LogP contribution in [0.4, 0.5) is 5.69 Å². The lowest BCUT2D eigenvalue weighted by molar-refractivity contribution is -0.384. The number of aromatic nitrogens is 1. The van der Waals surface area contributed by atoms with Crippen molar-refractivity contribution in [1.82, 2.24) is 4.98 Å². The summed E-state index contributed by atoms with van der Waals surface area (Å²) in [5.74, 6) is 0. The summed E-state index contributed by atoms with van der Waals surface area (Å²) in [6.45, 7) is 0. The summed E-state index contributed by atoms with van der Waals surface area (Å²) < 4.78 is 0.763. The molecule has 4 nitrogen and oxygen atoms in total. The van der Waals surface area contributed by atoms with Gasteiger partial charge in [-0.05, 0) is 22.0 Å². The molecule has 2 rings (SSSR count). The number of pyridine rings is 1. The fourth-order valence-electron chi connectivity index (χ4n) is 1.23. The van der Waals surface area contributed by atoms with Gasteiger partial charge in [0.1, 0.15) is 0 Å². The maximum absolute atomic E-state index is 10.5. The van der Waals surface area contributed by atoms with E-state index < -0.39 is 4.92 Å². The summed E-state index contributed by atoms with van der Waals surface area (Å²) >= 11 is 3.30. The van der Waals surface area contributed by atoms with Crippen LogP contribution in [-0.4, -0.2) is 9.91 Å². The van der Waals surface area contributed by atoms with E-state index in [2.05, 4.69) is 20.9 Å². The molecule has 14 heavy (non-hydrogen) atoms. The van der Waals surface area contributed by atoms with Crippen molar-refractivity contribution in [3.8, 4) is 0 Å². The molecule has 0 atom stereocenters. The molecule has 2 aromatic rings. The Labute approximate surface area is 87.9 Å². The topological polar surface area (TPSA) is 56.0 Å². The molecule has 0 unspecified atom stereocenters. The predicted octanol–water partition coefficient (Wildman–Crippen LogP) is 2.91. The van der Waals surface area contributed by atoms with E-state index in [-0.39, 0.29) is 5.69 Å². The smallest absolute Gasteiger partial charge is 0.263 e. The maximum atomic E-state index is 10.5. The third-order valence-corrected chi connectivity index (χ3v) is 2.54. The number of halogens is 1. The van der Waals surface area contributed by atoms with Gasteiger partial charge in [-0.15, -0.1) is 0 Å². The summed E-state index contributed by atoms with van der Waals surface area (Å²) in [4.78, 5) is 14.1. The van der Waals surface area contributed by atoms with Crippen molar-refractivity contribution in [2.45, 2.75) is 0 Å². The third-order valence-electron chi connectivity index (χ3n) is 1.91. The van der Waals surface area contributed by atoms with Gasteiger partial charge >= 0.3 is 0 Å². The Hall–Kier alpha value is -1.49. The monoisotopic (exact) mass is 252 g/mol. The van der Waals surface area contributed by atoms with Gasteiger partial charge in [-0.2, -0.15) is 0 Å². The second-order valence-electron chi connectivity index (χ2n) is 2.78. The number of hydrogen-bond donors (Lipinski definition) is 0. The molecule has 70 valence electrons. The highest BCUT2D eigenvalue weighted by molar-refractivity contribution is 9.10. The number of nitrogens with zero attached hydrogens (tertiary/aromatic N) is 2. The molecule has 0 bridgehead atoms. The summed E-state index contributed by atoms with van der Waals surface area (Å²) in [5, 5.41) is 12.2. The molecule has 0 N–H and O–H groups in total. The van der Waals surface area contributed by atoms with E-state index in [4.69, 9.17) is 0 Å². The normalized spacial score (nSPS) is 10.4. The molecule has 0 aliphatic heterocycles. The summed E-state index contributed by atoms with van der Waals surface area (Å²) in [6, 6.07) is 4.68. The first kappa shape index (κ1) is 9.08. The first-order valence-electron chi connectivity index (χ1n) is 3.86. The van der Waals surface area contributed by atoms with Gasteiger partial charge in [0.15, 0.2) is 0 Å². The van der Waals surface area contributed by atoms with Gasteiger partial charge in [0, 0.05) is 39.8 Å². The number of rotatable bonds is 1. The van der Waals surface area contributed by atoms with Crippen LogP contribution in [0.2, 0.25) is 0 Å². The van der Waals surface area contributed by atoms with Crippen LogP contribution in [0.25, 0.3) is 10.8 Å². The molecule has 0 saturated heterocycles. The van der Waals surface area contributed by atoms with Gasteiger partial charge in [-0.3, -0.25) is 15.1 Å². The number of nitro groups is 1. The molecule has 0 radical (unpaired) electrons. The number of non-ortho nitro benzene ring substituents is 1. The Bertz CT molecular complexity index is 513. The van der Waals surface area contributed by atoms with Crippen molar-refractivity contribution in [3.05, 3.63) is 45.2 Å². The van der Waals surface area contributed by atoms with Crippen LogP contribution in [0.15, 0.2) is 35.1 Å². The van der Waals surface area contributed by atoms with Crippen LogP contribution in [-0.2, 0) is 0 Å². The molecule has 5 heteroatoms. The SMILES string of the molecule is O=[N+]([O-])c1ccc2cncc(Br)c2c1. The Morgan fingerprint density at radius 1 is 1.36 bits per heavy atom. The lowest BCUT2D eigenvalue weighted by Crippen LogP contribution is -1.87. The molecule has 1 heterocycles. The quantitative estimate of drug-likeness (QED) is 0.579. The first-order chi connectivity index (χ1) is 6.68. The van der Waals surface area contributed by atoms with E-state index in [1.807, 2.05) is 0 Å². The van der Waals surface area contributed by atoms with Crippen LogP contribution in [0, 0.1) is 10.1 Å². The van der Waals surface area contributed by atoms with Gasteiger partial charge in [0.2, 0.25) is 0 Å². The third kappa shape index (κ3) is 1.46. The van der Waals surface area contributed by atoms with Gasteiger partial charge in [0.05, 0.1) is 4.92 Å². The zero-order valence-corrected chi connectivity index (χ0v) is 8.56. The minimum atomic E-state index is -0.410. The summed E-state index contributed by atoms with van der Waals surface area (Å²) in [5.41, 5.74) is 0.0874. The van der Waals surface area contributed by atoms with Crippen molar-refractivity contribution in [3.63, 3.8) is 0 Å². The lowest BCUT2D eigenvalue weighted by atomic mass is 10.1. The Morgan fingerprint density at radius 3 is 2.86 bits per heavy atom. The highest BCUT2D eigenvalue weighted by Crippen LogP contribution is 2.26. The van der Waals surface area contributed by atoms with E-state index in [0.29, 0.717) is 0 Å². The van der Waals surface area contributed by atoms with E-state index in [1.54, 1.807) is 18.5 Å². The van der Waals surface area contributed by atoms with Crippen LogP contribution >= 0.6 is 15.9 Å². The fourth-order valence-corrected chi connectivity index (χ4v) is 1.69. The van der Waals surface area contributed by atoms with Gasteiger partial charge in [-0.25, -0.2) is 0 Å². The minimum absolute atomic E-state index is 0.0874. The molecular weight excluding hydrogens is 248 g/mol. The molecule has 0 saturated carbocycles. The minimum Gasteiger partial charge on any atom is -0.263 e. The largest absolute Gasteiger partial charge is 0.270 e. The van der Waals surface area contributed by atoms with E-state index in [0.717, 1.165) is 15.2 Å². The molecule has 0 aliphatic carbocycles. The van der Waals surface area contributed by atoms with Gasteiger partial charge < -0.3 is 0 Å². The molecule has 0 fully saturated rings. The van der Waals surface area contributed by atoms with Crippen LogP contribution in [0.5, 0.6) is 0 Å². The molecule has 0 amide bonds. The van der Waals surface area contributed by atoms with Crippen molar-refractivity contribution in [2.24, 2.45) is 0 Å². The fraction of sp³-hybridized carbons (Fsp3) is 0. The van der Waals surface area contributed by atoms with Crippen molar-refractivity contribution in [2.75, 3.05) is 0 Å². The maximum Gasteiger partial charge on any atom is 0.270 e. The Kier molecular flexibility index (Phi) is 2.17. The molecule has 1 aromatic carbocycles. The molecule has 1 aromatic heterocycles. The van der Waals surface area contributed by atoms with Gasteiger partial charge in [0.25, 0.3) is 5.69 Å². The standard InChI is InChI=1S/C9H5BrN2O2/c10-9-5-11-4-6-1-2-7(12(13)14)3-8(6)9/h1-5H. The number of fused-ring (bicyclic) bond motifs is 1. The zero-order chi connectivity index (χ0) is 10.1. The van der Waals surface area contributed by atoms with Crippen LogP contribution in [0.3, 0.4) is 0 Å². The van der Waals surface area contributed by atoms with Crippen LogP contribution in [0.1, 0.15) is 0 Å². The second-order valence-corrected chi connectivity index (χ2v) is 3.64. The molecular formula is C9H5BrN2O2. The highest BCUT2D eigenvalue weighted by Gasteiger charge is 2.07. The number of hydrogen-bond acceptors (Lipinski definition) is 3. The predicted molar refractivity (Wildman–Crippen MR) is 56.1 cm³/mol. The summed E-state index contributed by atoms with van der Waals surface area (Å²) in [7, 11) is 0. The summed E-state index contributed by atoms with van der Waals surface area (Å²) in [6.07, 6.45) is 3.29. The zero-order valence-electron chi connectivity index (χ0n) is 6.98. The van der Waals surface area contributed by atoms with Crippen LogP contribution < -0.4 is 0 Å². The van der Waals surface area contributed by atoms with E-state index in [9.17, 15) is 10.1 Å². The van der Waals surface area contributed by atoms with Gasteiger partial charge in [-0.1, -0.05) is 0 Å². The number of benzene rings is 1. The molecule has 0 aliphatic rings. The van der Waals surface area contributed by atoms with Crippen molar-refractivity contribution < 1.29 is 4.92 Å².